The fourth-order valence-corrected chi connectivity index (χ4v) is 11.9. The Balaban J connectivity index is 0.735. The Labute approximate surface area is 408 Å². The van der Waals surface area contributed by atoms with Gasteiger partial charge in [-0.1, -0.05) is 20.1 Å². The number of nitrogens with one attached hydrogen (secondary N) is 1. The van der Waals surface area contributed by atoms with Crippen LogP contribution in [0.3, 0.4) is 0 Å². The molecule has 4 N–H and O–H groups in total. The third-order valence-corrected chi connectivity index (χ3v) is 15.6. The van der Waals surface area contributed by atoms with E-state index in [4.69, 9.17) is 67.3 Å². The zero-order valence-electron chi connectivity index (χ0n) is 41.3. The summed E-state index contributed by atoms with van der Waals surface area (Å²) in [6, 6.07) is 0. The second-order valence-electron chi connectivity index (χ2n) is 20.7. The van der Waals surface area contributed by atoms with E-state index in [9.17, 15) is 14.7 Å². The van der Waals surface area contributed by atoms with Gasteiger partial charge in [-0.3, -0.25) is 9.59 Å². The molecule has 9 heterocycles. The first-order chi connectivity index (χ1) is 33.4. The molecule has 69 heavy (non-hydrogen) atoms. The van der Waals surface area contributed by atoms with Crippen molar-refractivity contribution >= 4 is 11.7 Å². The summed E-state index contributed by atoms with van der Waals surface area (Å²) in [5.74, 6) is -0.707. The summed E-state index contributed by atoms with van der Waals surface area (Å²) in [6.45, 7) is 17.3. The van der Waals surface area contributed by atoms with Crippen molar-refractivity contribution in [2.45, 2.75) is 195 Å². The van der Waals surface area contributed by atoms with Crippen LogP contribution in [0.5, 0.6) is 0 Å². The van der Waals surface area contributed by atoms with E-state index in [2.05, 4.69) is 25.4 Å². The van der Waals surface area contributed by atoms with Crippen LogP contribution in [0.4, 0.5) is 0 Å². The molecule has 0 aliphatic carbocycles. The number of aliphatic hydroxyl groups excluding tert-OH is 1. The fraction of sp³-hybridized carbons (Fsp3) is 0.882. The van der Waals surface area contributed by atoms with Crippen LogP contribution in [-0.2, 0) is 71.2 Å². The summed E-state index contributed by atoms with van der Waals surface area (Å²) in [4.78, 5) is 26.3. The zero-order valence-corrected chi connectivity index (χ0v) is 41.3. The van der Waals surface area contributed by atoms with Gasteiger partial charge in [0.25, 0.3) is 0 Å². The molecule has 392 valence electrons. The molecule has 0 aromatic carbocycles. The Kier molecular flexibility index (Phi) is 19.6. The third-order valence-electron chi connectivity index (χ3n) is 15.6. The quantitative estimate of drug-likeness (QED) is 0.0725. The molecule has 0 saturated carbocycles. The van der Waals surface area contributed by atoms with E-state index >= 15 is 0 Å². The summed E-state index contributed by atoms with van der Waals surface area (Å²) < 4.78 is 80.4. The van der Waals surface area contributed by atoms with Crippen LogP contribution in [0.15, 0.2) is 24.3 Å². The number of amides is 1. The van der Waals surface area contributed by atoms with Crippen molar-refractivity contribution in [3.8, 4) is 0 Å². The molecule has 6 bridgehead atoms. The Hall–Kier alpha value is -1.98. The van der Waals surface area contributed by atoms with Crippen LogP contribution in [0, 0.1) is 11.8 Å². The molecule has 0 spiro atoms. The van der Waals surface area contributed by atoms with Crippen molar-refractivity contribution in [2.75, 3.05) is 79.7 Å². The van der Waals surface area contributed by atoms with Crippen molar-refractivity contribution in [3.63, 3.8) is 0 Å². The number of fused-ring (bicyclic) bond motifs is 1. The van der Waals surface area contributed by atoms with Gasteiger partial charge in [0.15, 0.2) is 5.79 Å². The highest BCUT2D eigenvalue weighted by molar-refractivity contribution is 5.79. The minimum Gasteiger partial charge on any atom is -0.391 e. The second-order valence-corrected chi connectivity index (χ2v) is 20.7. The molecule has 9 fully saturated rings. The van der Waals surface area contributed by atoms with Crippen molar-refractivity contribution in [1.29, 1.82) is 0 Å². The van der Waals surface area contributed by atoms with E-state index in [-0.39, 0.29) is 124 Å². The number of carbonyl (C=O) groups is 2. The SMILES string of the molecule is C=C1CO[C@@H](CC[C@@H]2O[C@@H](CC[C@@]34C[C@H]5OC6C(O[C@H]7CC[C@H](CC(=O)C[C@@H]8[C@@H](OC)[C@@H](C[C@H](O)CNC(=O)CCOCCOCCOCCOCCN)O[C@H]8C)O[C@@H]7[C@@H]6O3)[C@H]5O4)CC2=C)C[C@H]1C. The molecule has 9 rings (SSSR count). The number of Topliss-reactive ketones (excluding diaryl/α,β-unsaturated/α-hetero) is 1. The van der Waals surface area contributed by atoms with Crippen LogP contribution >= 0.6 is 0 Å². The van der Waals surface area contributed by atoms with Crippen molar-refractivity contribution in [3.05, 3.63) is 24.3 Å². The summed E-state index contributed by atoms with van der Waals surface area (Å²) in [6.07, 6.45) is 4.39. The first-order valence-corrected chi connectivity index (χ1v) is 26.0. The average molecular weight is 979 g/mol. The van der Waals surface area contributed by atoms with Gasteiger partial charge < -0.3 is 77.7 Å². The molecule has 18 atom stereocenters. The van der Waals surface area contributed by atoms with Gasteiger partial charge in [-0.15, -0.1) is 0 Å². The van der Waals surface area contributed by atoms with Crippen LogP contribution < -0.4 is 11.1 Å². The number of ether oxygens (including phenoxy) is 13. The maximum Gasteiger partial charge on any atom is 0.222 e. The predicted molar refractivity (Wildman–Crippen MR) is 249 cm³/mol. The second kappa shape index (κ2) is 25.3. The van der Waals surface area contributed by atoms with E-state index in [1.807, 2.05) is 6.92 Å². The van der Waals surface area contributed by atoms with Gasteiger partial charge in [0.05, 0.1) is 121 Å². The summed E-state index contributed by atoms with van der Waals surface area (Å²) in [7, 11) is 1.61. The van der Waals surface area contributed by atoms with Crippen molar-refractivity contribution in [2.24, 2.45) is 17.6 Å². The average Bonchev–Trinajstić information content (AvgIpc) is 4.00. The molecule has 18 nitrogen and oxygen atoms in total. The molecular weight excluding hydrogens is 897 g/mol. The molecule has 9 aliphatic rings. The highest BCUT2D eigenvalue weighted by atomic mass is 16.8. The van der Waals surface area contributed by atoms with Crippen molar-refractivity contribution in [1.82, 2.24) is 5.32 Å². The van der Waals surface area contributed by atoms with Gasteiger partial charge in [0, 0.05) is 64.6 Å². The fourth-order valence-electron chi connectivity index (χ4n) is 11.9. The normalized spacial score (nSPS) is 39.5. The lowest BCUT2D eigenvalue weighted by Gasteiger charge is -2.47. The summed E-state index contributed by atoms with van der Waals surface area (Å²) in [5.41, 5.74) is 7.70. The van der Waals surface area contributed by atoms with Crippen LogP contribution in [0.1, 0.15) is 97.3 Å². The molecule has 18 heteroatoms. The lowest BCUT2D eigenvalue weighted by Crippen LogP contribution is -2.61. The van der Waals surface area contributed by atoms with E-state index in [1.165, 1.54) is 5.57 Å². The first kappa shape index (κ1) is 53.3. The standard InChI is InChI=1S/C51H82N2O16/c1-30-22-36(62-29-32(30)3)6-8-40-31(2)23-38(64-40)10-12-51-27-43-47(68-51)48-49(67-43)50(69-51)46-41(66-48)9-7-37(65-46)24-34(54)25-39-33(4)63-42(45(39)57-5)26-35(55)28-53-44(56)11-14-58-16-18-60-20-21-61-19-17-59-15-13-52/h30,33,35-43,45-50,55H,2-3,6-29,52H2,1,4-5H3,(H,53,56)/t30-,33+,35+,36+,37-,38+,39+,40+,41+,42-,43-,45-,46+,47+,48?,49?,50+,51+/m1/s1. The minimum atomic E-state index is -0.866. The largest absolute Gasteiger partial charge is 0.391 e. The van der Waals surface area contributed by atoms with Crippen molar-refractivity contribution < 1.29 is 76.3 Å². The predicted octanol–water partition coefficient (Wildman–Crippen LogP) is 3.26. The summed E-state index contributed by atoms with van der Waals surface area (Å²) in [5, 5.41) is 13.7. The van der Waals surface area contributed by atoms with E-state index in [1.54, 1.807) is 7.11 Å². The highest BCUT2D eigenvalue weighted by Crippen LogP contribution is 2.54. The Morgan fingerprint density at radius 3 is 2.23 bits per heavy atom. The number of methoxy groups -OCH3 is 1. The van der Waals surface area contributed by atoms with E-state index in [0.717, 1.165) is 44.1 Å². The highest BCUT2D eigenvalue weighted by Gasteiger charge is 2.68. The molecule has 0 radical (unpaired) electrons. The van der Waals surface area contributed by atoms with Gasteiger partial charge in [-0.25, -0.2) is 0 Å². The monoisotopic (exact) mass is 979 g/mol. The van der Waals surface area contributed by atoms with Gasteiger partial charge in [0.2, 0.25) is 5.91 Å². The smallest absolute Gasteiger partial charge is 0.222 e. The van der Waals surface area contributed by atoms with Crippen LogP contribution in [-0.4, -0.2) is 194 Å². The lowest BCUT2D eigenvalue weighted by atomic mass is 9.85. The number of hydrogen-bond acceptors (Lipinski definition) is 17. The number of carbonyl (C=O) groups excluding carboxylic acids is 2. The molecule has 0 aromatic rings. The number of nitrogens with two attached hydrogens (primary N) is 1. The molecule has 9 saturated heterocycles. The van der Waals surface area contributed by atoms with Crippen LogP contribution in [0.2, 0.25) is 0 Å². The topological polar surface area (TPSA) is 212 Å². The maximum absolute atomic E-state index is 13.8. The molecule has 0 aromatic heterocycles. The maximum atomic E-state index is 13.8. The minimum absolute atomic E-state index is 0.0276. The van der Waals surface area contributed by atoms with Gasteiger partial charge in [-0.05, 0) is 68.9 Å². The first-order valence-electron chi connectivity index (χ1n) is 26.0. The van der Waals surface area contributed by atoms with Gasteiger partial charge in [-0.2, -0.15) is 0 Å². The molecule has 9 aliphatic heterocycles. The zero-order chi connectivity index (χ0) is 48.5. The number of aliphatic hydroxyl groups is 1. The Bertz CT molecular complexity index is 1690. The lowest BCUT2D eigenvalue weighted by molar-refractivity contribution is -0.292. The molecule has 2 unspecified atom stereocenters. The van der Waals surface area contributed by atoms with Crippen LogP contribution in [0.25, 0.3) is 0 Å². The molecular formula is C51H82N2O16. The number of hydrogen-bond donors (Lipinski definition) is 3. The Morgan fingerprint density at radius 2 is 1.49 bits per heavy atom. The number of ketones is 1. The van der Waals surface area contributed by atoms with E-state index < -0.39 is 30.2 Å². The van der Waals surface area contributed by atoms with Gasteiger partial charge >= 0.3 is 0 Å². The molecule has 1 amide bonds. The van der Waals surface area contributed by atoms with Gasteiger partial charge in [0.1, 0.15) is 36.3 Å². The Morgan fingerprint density at radius 1 is 0.783 bits per heavy atom. The number of rotatable bonds is 29. The third kappa shape index (κ3) is 13.8. The van der Waals surface area contributed by atoms with E-state index in [0.29, 0.717) is 84.6 Å². The summed E-state index contributed by atoms with van der Waals surface area (Å²) >= 11 is 0.